The van der Waals surface area contributed by atoms with E-state index in [1.54, 1.807) is 0 Å². The molecule has 18 heavy (non-hydrogen) atoms. The van der Waals surface area contributed by atoms with Crippen molar-refractivity contribution in [2.75, 3.05) is 30.9 Å². The molecule has 0 fully saturated rings. The van der Waals surface area contributed by atoms with Gasteiger partial charge in [0.2, 0.25) is 17.8 Å². The number of hydrogen-bond donors (Lipinski definition) is 5. The molecule has 0 saturated carbocycles. The topological polar surface area (TPSA) is 157 Å². The van der Waals surface area contributed by atoms with E-state index in [1.807, 2.05) is 0 Å². The van der Waals surface area contributed by atoms with E-state index in [9.17, 15) is 0 Å². The van der Waals surface area contributed by atoms with Gasteiger partial charge >= 0.3 is 0 Å². The largest absolute Gasteiger partial charge is 0.400 e. The molecule has 0 spiro atoms. The first kappa shape index (κ1) is 18.7. The van der Waals surface area contributed by atoms with Crippen LogP contribution in [0.15, 0.2) is 0 Å². The number of hydrogen-bond acceptors (Lipinski definition) is 8. The van der Waals surface area contributed by atoms with E-state index in [2.05, 4.69) is 21.9 Å². The Hall–Kier alpha value is -1.67. The summed E-state index contributed by atoms with van der Waals surface area (Å²) >= 11 is 0. The fourth-order valence-electron chi connectivity index (χ4n) is 0.966. The van der Waals surface area contributed by atoms with Crippen LogP contribution in [-0.4, -0.2) is 38.9 Å². The fourth-order valence-corrected chi connectivity index (χ4v) is 0.966. The van der Waals surface area contributed by atoms with E-state index in [0.29, 0.717) is 6.61 Å². The standard InChI is InChI=1S/C6H14O.C3H6N6.CH4O/c1-2-3-4-5-6-7;4-1-7-2(5)9-3(6)8-1;1-2/h7H,2-6H2,1H3;(H6,4,5,6,7,8,9);2H,1H3. The molecule has 1 aromatic rings. The predicted octanol–water partition coefficient (Wildman–Crippen LogP) is -0.214. The maximum absolute atomic E-state index is 8.29. The molecule has 0 amide bonds. The molecule has 0 aliphatic heterocycles. The Bertz CT molecular complexity index is 243. The van der Waals surface area contributed by atoms with E-state index >= 15 is 0 Å². The zero-order chi connectivity index (χ0) is 14.4. The van der Waals surface area contributed by atoms with Crippen molar-refractivity contribution < 1.29 is 10.2 Å². The zero-order valence-electron chi connectivity index (χ0n) is 11.0. The first-order valence-corrected chi connectivity index (χ1v) is 5.68. The lowest BCUT2D eigenvalue weighted by Crippen LogP contribution is -2.05. The molecule has 0 bridgehead atoms. The van der Waals surface area contributed by atoms with Crippen LogP contribution in [0.4, 0.5) is 17.8 Å². The van der Waals surface area contributed by atoms with Gasteiger partial charge in [0.05, 0.1) is 0 Å². The quantitative estimate of drug-likeness (QED) is 0.465. The molecule has 0 aliphatic rings. The lowest BCUT2D eigenvalue weighted by Gasteiger charge is -1.93. The van der Waals surface area contributed by atoms with Crippen molar-refractivity contribution >= 4 is 17.8 Å². The number of aliphatic hydroxyl groups is 2. The highest BCUT2D eigenvalue weighted by Crippen LogP contribution is 1.97. The van der Waals surface area contributed by atoms with E-state index in [-0.39, 0.29) is 17.8 Å². The van der Waals surface area contributed by atoms with E-state index in [4.69, 9.17) is 27.4 Å². The molecule has 0 saturated heterocycles. The summed E-state index contributed by atoms with van der Waals surface area (Å²) in [6.07, 6.45) is 4.68. The summed E-state index contributed by atoms with van der Waals surface area (Å²) in [6.45, 7) is 2.53. The van der Waals surface area contributed by atoms with Crippen molar-refractivity contribution in [3.63, 3.8) is 0 Å². The molecule has 0 aliphatic carbocycles. The Morgan fingerprint density at radius 3 is 1.50 bits per heavy atom. The molecule has 106 valence electrons. The molecular formula is C10H24N6O2. The molecule has 0 radical (unpaired) electrons. The fraction of sp³-hybridized carbons (Fsp3) is 0.700. The van der Waals surface area contributed by atoms with Crippen LogP contribution < -0.4 is 17.2 Å². The highest BCUT2D eigenvalue weighted by Gasteiger charge is 1.93. The van der Waals surface area contributed by atoms with Gasteiger partial charge in [0, 0.05) is 13.7 Å². The Labute approximate surface area is 107 Å². The van der Waals surface area contributed by atoms with Crippen molar-refractivity contribution in [3.8, 4) is 0 Å². The van der Waals surface area contributed by atoms with E-state index in [0.717, 1.165) is 13.5 Å². The molecule has 8 nitrogen and oxygen atoms in total. The lowest BCUT2D eigenvalue weighted by atomic mass is 10.2. The SMILES string of the molecule is CCCCCCO.CO.Nc1nc(N)nc(N)n1. The summed E-state index contributed by atoms with van der Waals surface area (Å²) < 4.78 is 0. The highest BCUT2D eigenvalue weighted by atomic mass is 16.3. The van der Waals surface area contributed by atoms with Crippen molar-refractivity contribution in [1.82, 2.24) is 15.0 Å². The van der Waals surface area contributed by atoms with Crippen LogP contribution in [0.3, 0.4) is 0 Å². The van der Waals surface area contributed by atoms with Gasteiger partial charge in [-0.3, -0.25) is 0 Å². The average Bonchev–Trinajstić information content (AvgIpc) is 2.31. The van der Waals surface area contributed by atoms with Gasteiger partial charge in [0.1, 0.15) is 0 Å². The van der Waals surface area contributed by atoms with Crippen LogP contribution in [0.1, 0.15) is 32.6 Å². The normalized spacial score (nSPS) is 8.67. The second kappa shape index (κ2) is 13.4. The van der Waals surface area contributed by atoms with Crippen LogP contribution >= 0.6 is 0 Å². The van der Waals surface area contributed by atoms with Crippen LogP contribution in [0, 0.1) is 0 Å². The van der Waals surface area contributed by atoms with Gasteiger partial charge in [-0.15, -0.1) is 0 Å². The third kappa shape index (κ3) is 12.4. The van der Waals surface area contributed by atoms with Crippen LogP contribution in [-0.2, 0) is 0 Å². The Balaban J connectivity index is 0. The number of unbranched alkanes of at least 4 members (excludes halogenated alkanes) is 3. The number of nitrogen functional groups attached to an aromatic ring is 3. The van der Waals surface area contributed by atoms with Gasteiger partial charge in [-0.05, 0) is 6.42 Å². The maximum Gasteiger partial charge on any atom is 0.226 e. The number of rotatable bonds is 4. The Kier molecular flexibility index (Phi) is 13.9. The molecule has 1 rings (SSSR count). The highest BCUT2D eigenvalue weighted by molar-refractivity contribution is 5.33. The minimum Gasteiger partial charge on any atom is -0.400 e. The molecule has 0 atom stereocenters. The number of aromatic nitrogens is 3. The van der Waals surface area contributed by atoms with E-state index < -0.39 is 0 Å². The summed E-state index contributed by atoms with van der Waals surface area (Å²) in [5, 5.41) is 15.3. The van der Waals surface area contributed by atoms with Crippen molar-refractivity contribution in [2.24, 2.45) is 0 Å². The van der Waals surface area contributed by atoms with Gasteiger partial charge in [0.15, 0.2) is 0 Å². The number of aliphatic hydroxyl groups excluding tert-OH is 2. The second-order valence-electron chi connectivity index (χ2n) is 3.19. The Morgan fingerprint density at radius 1 is 0.833 bits per heavy atom. The number of anilines is 3. The third-order valence-corrected chi connectivity index (χ3v) is 1.70. The first-order valence-electron chi connectivity index (χ1n) is 5.68. The summed E-state index contributed by atoms with van der Waals surface area (Å²) in [6, 6.07) is 0. The maximum atomic E-state index is 8.29. The van der Waals surface area contributed by atoms with Crippen molar-refractivity contribution in [3.05, 3.63) is 0 Å². The smallest absolute Gasteiger partial charge is 0.226 e. The second-order valence-corrected chi connectivity index (χ2v) is 3.19. The molecule has 8 heteroatoms. The molecule has 0 aromatic carbocycles. The number of nitrogens with zero attached hydrogens (tertiary/aromatic N) is 3. The zero-order valence-corrected chi connectivity index (χ0v) is 11.0. The molecule has 1 heterocycles. The molecule has 8 N–H and O–H groups in total. The van der Waals surface area contributed by atoms with Crippen molar-refractivity contribution in [2.45, 2.75) is 32.6 Å². The van der Waals surface area contributed by atoms with Gasteiger partial charge in [-0.2, -0.15) is 15.0 Å². The third-order valence-electron chi connectivity index (χ3n) is 1.70. The summed E-state index contributed by atoms with van der Waals surface area (Å²) in [4.78, 5) is 10.5. The lowest BCUT2D eigenvalue weighted by molar-refractivity contribution is 0.283. The van der Waals surface area contributed by atoms with Crippen LogP contribution in [0.5, 0.6) is 0 Å². The van der Waals surface area contributed by atoms with Gasteiger partial charge in [-0.1, -0.05) is 26.2 Å². The first-order chi connectivity index (χ1) is 8.60. The average molecular weight is 260 g/mol. The van der Waals surface area contributed by atoms with Crippen molar-refractivity contribution in [1.29, 1.82) is 0 Å². The summed E-state index contributed by atoms with van der Waals surface area (Å²) in [5.74, 6) is 0.125. The minimum atomic E-state index is 0.0417. The van der Waals surface area contributed by atoms with Crippen LogP contribution in [0.25, 0.3) is 0 Å². The molecular weight excluding hydrogens is 236 g/mol. The Morgan fingerprint density at radius 2 is 1.22 bits per heavy atom. The van der Waals surface area contributed by atoms with Gasteiger partial charge in [0.25, 0.3) is 0 Å². The van der Waals surface area contributed by atoms with Gasteiger partial charge < -0.3 is 27.4 Å². The van der Waals surface area contributed by atoms with E-state index in [1.165, 1.54) is 19.3 Å². The molecule has 1 aromatic heterocycles. The monoisotopic (exact) mass is 260 g/mol. The summed E-state index contributed by atoms with van der Waals surface area (Å²) in [5.41, 5.74) is 15.4. The predicted molar refractivity (Wildman–Crippen MR) is 72.4 cm³/mol. The molecule has 0 unspecified atom stereocenters. The summed E-state index contributed by atoms with van der Waals surface area (Å²) in [7, 11) is 1.00. The van der Waals surface area contributed by atoms with Crippen LogP contribution in [0.2, 0.25) is 0 Å². The number of nitrogens with two attached hydrogens (primary N) is 3. The van der Waals surface area contributed by atoms with Gasteiger partial charge in [-0.25, -0.2) is 0 Å². The minimum absolute atomic E-state index is 0.0417.